The number of carbonyl (C=O) groups excluding carboxylic acids is 1. The first kappa shape index (κ1) is 15.7. The van der Waals surface area contributed by atoms with E-state index < -0.39 is 5.97 Å². The molecule has 0 bridgehead atoms. The highest BCUT2D eigenvalue weighted by atomic mass is 32.1. The van der Waals surface area contributed by atoms with Gasteiger partial charge in [-0.1, -0.05) is 0 Å². The van der Waals surface area contributed by atoms with Crippen LogP contribution in [-0.4, -0.2) is 47.7 Å². The van der Waals surface area contributed by atoms with Gasteiger partial charge in [0.05, 0.1) is 11.0 Å². The molecule has 1 aliphatic rings. The molecule has 0 aromatic carbocycles. The first-order valence-corrected chi connectivity index (χ1v) is 7.83. The molecule has 1 amide bonds. The number of nitrogens with zero attached hydrogens (tertiary/aromatic N) is 1. The highest BCUT2D eigenvalue weighted by molar-refractivity contribution is 7.14. The molecule has 6 heteroatoms. The van der Waals surface area contributed by atoms with Crippen molar-refractivity contribution in [3.05, 3.63) is 28.0 Å². The van der Waals surface area contributed by atoms with Crippen molar-refractivity contribution >= 4 is 29.3 Å². The number of rotatable bonds is 6. The van der Waals surface area contributed by atoms with E-state index in [0.717, 1.165) is 30.4 Å². The van der Waals surface area contributed by atoms with E-state index in [9.17, 15) is 9.59 Å². The summed E-state index contributed by atoms with van der Waals surface area (Å²) in [5, 5.41) is 8.61. The second-order valence-corrected chi connectivity index (χ2v) is 5.97. The van der Waals surface area contributed by atoms with Crippen LogP contribution in [0.2, 0.25) is 0 Å². The van der Waals surface area contributed by atoms with Gasteiger partial charge in [-0.2, -0.15) is 0 Å². The first-order valence-electron chi connectivity index (χ1n) is 7.02. The van der Waals surface area contributed by atoms with Gasteiger partial charge in [-0.15, -0.1) is 11.3 Å². The van der Waals surface area contributed by atoms with E-state index in [2.05, 4.69) is 0 Å². The molecule has 0 spiro atoms. The summed E-state index contributed by atoms with van der Waals surface area (Å²) in [6.45, 7) is 3.98. The number of aliphatic carboxylic acids is 1. The van der Waals surface area contributed by atoms with Gasteiger partial charge in [-0.05, 0) is 38.0 Å². The Hall–Kier alpha value is -1.66. The maximum Gasteiger partial charge on any atom is 0.328 e. The Morgan fingerprint density at radius 3 is 2.95 bits per heavy atom. The van der Waals surface area contributed by atoms with Gasteiger partial charge in [0.2, 0.25) is 0 Å². The maximum atomic E-state index is 12.5. The standard InChI is InChI=1S/C15H19NO4S/c1-2-16(10-11-4-3-9-20-11)15(19)13-7-5-12(21-13)6-8-14(17)18/h5-8,11H,2-4,9-10H2,1H3,(H,17,18). The molecule has 1 aromatic rings. The fourth-order valence-corrected chi connectivity index (χ4v) is 3.13. The summed E-state index contributed by atoms with van der Waals surface area (Å²) in [5.74, 6) is -1.02. The second kappa shape index (κ2) is 7.38. The lowest BCUT2D eigenvalue weighted by Gasteiger charge is -2.23. The number of carbonyl (C=O) groups is 2. The Morgan fingerprint density at radius 1 is 1.52 bits per heavy atom. The van der Waals surface area contributed by atoms with Gasteiger partial charge in [0.25, 0.3) is 5.91 Å². The average molecular weight is 309 g/mol. The topological polar surface area (TPSA) is 66.8 Å². The Kier molecular flexibility index (Phi) is 5.52. The van der Waals surface area contributed by atoms with Gasteiger partial charge in [-0.3, -0.25) is 4.79 Å². The molecule has 1 saturated heterocycles. The molecule has 5 nitrogen and oxygen atoms in total. The van der Waals surface area contributed by atoms with Crippen molar-refractivity contribution in [3.63, 3.8) is 0 Å². The highest BCUT2D eigenvalue weighted by Crippen LogP contribution is 2.21. The molecule has 1 aromatic heterocycles. The molecule has 1 unspecified atom stereocenters. The van der Waals surface area contributed by atoms with Crippen molar-refractivity contribution in [1.82, 2.24) is 4.90 Å². The summed E-state index contributed by atoms with van der Waals surface area (Å²) in [4.78, 5) is 26.1. The van der Waals surface area contributed by atoms with Crippen molar-refractivity contribution in [3.8, 4) is 0 Å². The lowest BCUT2D eigenvalue weighted by Crippen LogP contribution is -2.36. The summed E-state index contributed by atoms with van der Waals surface area (Å²) >= 11 is 1.30. The SMILES string of the molecule is CCN(CC1CCCO1)C(=O)c1ccc(C=CC(=O)O)s1. The normalized spacial score (nSPS) is 18.2. The molecule has 21 heavy (non-hydrogen) atoms. The van der Waals surface area contributed by atoms with Gasteiger partial charge in [0, 0.05) is 30.6 Å². The fourth-order valence-electron chi connectivity index (χ4n) is 2.26. The lowest BCUT2D eigenvalue weighted by atomic mass is 10.2. The predicted octanol–water partition coefficient (Wildman–Crippen LogP) is 2.49. The fraction of sp³-hybridized carbons (Fsp3) is 0.467. The molecule has 0 radical (unpaired) electrons. The molecule has 1 aliphatic heterocycles. The van der Waals surface area contributed by atoms with Crippen LogP contribution in [0.5, 0.6) is 0 Å². The van der Waals surface area contributed by atoms with Gasteiger partial charge < -0.3 is 14.7 Å². The van der Waals surface area contributed by atoms with Crippen LogP contribution in [0.25, 0.3) is 6.08 Å². The number of carboxylic acid groups (broad SMARTS) is 1. The summed E-state index contributed by atoms with van der Waals surface area (Å²) in [6.07, 6.45) is 4.77. The monoisotopic (exact) mass is 309 g/mol. The molecule has 1 N–H and O–H groups in total. The molecule has 1 atom stereocenters. The van der Waals surface area contributed by atoms with E-state index in [0.29, 0.717) is 18.0 Å². The zero-order valence-electron chi connectivity index (χ0n) is 11.9. The van der Waals surface area contributed by atoms with Crippen LogP contribution in [0.15, 0.2) is 18.2 Å². The van der Waals surface area contributed by atoms with Gasteiger partial charge >= 0.3 is 5.97 Å². The largest absolute Gasteiger partial charge is 0.478 e. The third-order valence-corrected chi connectivity index (χ3v) is 4.38. The van der Waals surface area contributed by atoms with Crippen LogP contribution in [0, 0.1) is 0 Å². The highest BCUT2D eigenvalue weighted by Gasteiger charge is 2.23. The molecule has 0 aliphatic carbocycles. The van der Waals surface area contributed by atoms with Crippen LogP contribution in [0.1, 0.15) is 34.3 Å². The smallest absolute Gasteiger partial charge is 0.328 e. The number of hydrogen-bond donors (Lipinski definition) is 1. The quantitative estimate of drug-likeness (QED) is 0.820. The van der Waals surface area contributed by atoms with E-state index in [-0.39, 0.29) is 12.0 Å². The minimum Gasteiger partial charge on any atom is -0.478 e. The molecule has 2 rings (SSSR count). The Balaban J connectivity index is 2.01. The molecular formula is C15H19NO4S. The number of thiophene rings is 1. The zero-order chi connectivity index (χ0) is 15.2. The molecule has 1 fully saturated rings. The summed E-state index contributed by atoms with van der Waals surface area (Å²) in [6, 6.07) is 3.50. The average Bonchev–Trinajstić information content (AvgIpc) is 3.13. The predicted molar refractivity (Wildman–Crippen MR) is 81.5 cm³/mol. The lowest BCUT2D eigenvalue weighted by molar-refractivity contribution is -0.131. The number of hydrogen-bond acceptors (Lipinski definition) is 4. The van der Waals surface area contributed by atoms with E-state index in [1.165, 1.54) is 17.4 Å². The van der Waals surface area contributed by atoms with Crippen LogP contribution < -0.4 is 0 Å². The molecule has 2 heterocycles. The van der Waals surface area contributed by atoms with Crippen molar-refractivity contribution in [2.24, 2.45) is 0 Å². The van der Waals surface area contributed by atoms with Crippen molar-refractivity contribution < 1.29 is 19.4 Å². The van der Waals surface area contributed by atoms with Gasteiger partial charge in [0.15, 0.2) is 0 Å². The third kappa shape index (κ3) is 4.41. The first-order chi connectivity index (χ1) is 10.1. The molecule has 0 saturated carbocycles. The third-order valence-electron chi connectivity index (χ3n) is 3.34. The Morgan fingerprint density at radius 2 is 2.33 bits per heavy atom. The van der Waals surface area contributed by atoms with E-state index in [1.807, 2.05) is 6.92 Å². The van der Waals surface area contributed by atoms with Gasteiger partial charge in [-0.25, -0.2) is 4.79 Å². The van der Waals surface area contributed by atoms with E-state index in [4.69, 9.17) is 9.84 Å². The molecule has 114 valence electrons. The van der Waals surface area contributed by atoms with Crippen molar-refractivity contribution in [2.45, 2.75) is 25.9 Å². The number of likely N-dealkylation sites (N-methyl/N-ethyl adjacent to an activating group) is 1. The van der Waals surface area contributed by atoms with Crippen LogP contribution >= 0.6 is 11.3 Å². The van der Waals surface area contributed by atoms with Crippen molar-refractivity contribution in [1.29, 1.82) is 0 Å². The minimum absolute atomic E-state index is 0.0204. The van der Waals surface area contributed by atoms with E-state index >= 15 is 0 Å². The molecular weight excluding hydrogens is 290 g/mol. The summed E-state index contributed by atoms with van der Waals surface area (Å²) < 4.78 is 5.57. The number of carboxylic acids is 1. The number of ether oxygens (including phenoxy) is 1. The Labute approximate surface area is 127 Å². The number of amides is 1. The summed E-state index contributed by atoms with van der Waals surface area (Å²) in [7, 11) is 0. The minimum atomic E-state index is -0.996. The van der Waals surface area contributed by atoms with Crippen LogP contribution in [0.3, 0.4) is 0 Å². The maximum absolute atomic E-state index is 12.5. The van der Waals surface area contributed by atoms with Gasteiger partial charge in [0.1, 0.15) is 0 Å². The van der Waals surface area contributed by atoms with E-state index in [1.54, 1.807) is 17.0 Å². The van der Waals surface area contributed by atoms with Crippen LogP contribution in [-0.2, 0) is 9.53 Å². The summed E-state index contributed by atoms with van der Waals surface area (Å²) in [5.41, 5.74) is 0. The van der Waals surface area contributed by atoms with Crippen molar-refractivity contribution in [2.75, 3.05) is 19.7 Å². The second-order valence-electron chi connectivity index (χ2n) is 4.85. The Bertz CT molecular complexity index is 532. The van der Waals surface area contributed by atoms with Crippen LogP contribution in [0.4, 0.5) is 0 Å². The zero-order valence-corrected chi connectivity index (χ0v) is 12.8.